The van der Waals surface area contributed by atoms with Crippen molar-refractivity contribution in [2.24, 2.45) is 5.92 Å². The lowest BCUT2D eigenvalue weighted by Gasteiger charge is -2.05. The van der Waals surface area contributed by atoms with E-state index in [0.29, 0.717) is 17.3 Å². The Morgan fingerprint density at radius 2 is 2.00 bits per heavy atom. The van der Waals surface area contributed by atoms with E-state index in [-0.39, 0.29) is 11.3 Å². The summed E-state index contributed by atoms with van der Waals surface area (Å²) in [6, 6.07) is 9.46. The van der Waals surface area contributed by atoms with Gasteiger partial charge < -0.3 is 5.32 Å². The topological polar surface area (TPSA) is 46.2 Å². The molecule has 4 heteroatoms. The molecule has 0 aliphatic rings. The monoisotopic (exact) mass is 285 g/mol. The number of rotatable bonds is 4. The van der Waals surface area contributed by atoms with Crippen molar-refractivity contribution < 1.29 is 4.79 Å². The van der Waals surface area contributed by atoms with Crippen molar-refractivity contribution >= 4 is 28.0 Å². The molecule has 1 N–H and O–H groups in total. The van der Waals surface area contributed by atoms with Crippen molar-refractivity contribution in [2.45, 2.75) is 13.8 Å². The number of amides is 1. The molecule has 3 nitrogen and oxygen atoms in total. The second kappa shape index (κ2) is 4.87. The third-order valence-electron chi connectivity index (χ3n) is 3.23. The molecular weight excluding hydrogens is 270 g/mol. The van der Waals surface area contributed by atoms with E-state index >= 15 is 0 Å². The maximum absolute atomic E-state index is 12.0. The number of hydrogen-bond donors (Lipinski definition) is 1. The molecule has 20 heavy (non-hydrogen) atoms. The van der Waals surface area contributed by atoms with Crippen LogP contribution < -0.4 is 10.7 Å². The lowest BCUT2D eigenvalue weighted by molar-refractivity contribution is 0.0953. The van der Waals surface area contributed by atoms with E-state index in [1.54, 1.807) is 0 Å². The van der Waals surface area contributed by atoms with E-state index in [2.05, 4.69) is 19.2 Å². The number of nitrogens with one attached hydrogen (secondary N) is 1. The Hall–Kier alpha value is -1.94. The van der Waals surface area contributed by atoms with E-state index in [1.807, 2.05) is 30.3 Å². The predicted octanol–water partition coefficient (Wildman–Crippen LogP) is 3.19. The molecule has 1 heterocycles. The van der Waals surface area contributed by atoms with Gasteiger partial charge in [-0.05, 0) is 35.7 Å². The minimum atomic E-state index is -0.0299. The summed E-state index contributed by atoms with van der Waals surface area (Å²) in [7, 11) is 0. The highest BCUT2D eigenvalue weighted by Crippen LogP contribution is 2.31. The van der Waals surface area contributed by atoms with E-state index < -0.39 is 0 Å². The maximum atomic E-state index is 12.0. The number of benzene rings is 1. The predicted molar refractivity (Wildman–Crippen MR) is 83.1 cm³/mol. The molecule has 1 aromatic heterocycles. The minimum absolute atomic E-state index is 0.0299. The third kappa shape index (κ3) is 2.39. The first-order valence-electron chi connectivity index (χ1n) is 6.63. The van der Waals surface area contributed by atoms with Crippen LogP contribution in [-0.2, 0) is 0 Å². The fourth-order valence-electron chi connectivity index (χ4n) is 2.04. The molecule has 1 amide bonds. The molecule has 102 valence electrons. The van der Waals surface area contributed by atoms with Crippen molar-refractivity contribution in [3.8, 4) is 10.4 Å². The summed E-state index contributed by atoms with van der Waals surface area (Å²) < 4.78 is 0. The molecule has 3 aromatic rings. The number of carbonyl (C=O) groups is 1. The maximum Gasteiger partial charge on any atom is 0.261 e. The van der Waals surface area contributed by atoms with E-state index in [9.17, 15) is 9.59 Å². The summed E-state index contributed by atoms with van der Waals surface area (Å²) in [6.07, 6.45) is 0. The molecule has 0 fully saturated rings. The summed E-state index contributed by atoms with van der Waals surface area (Å²) in [5, 5.41) is 4.54. The van der Waals surface area contributed by atoms with Gasteiger partial charge in [-0.15, -0.1) is 11.3 Å². The van der Waals surface area contributed by atoms with Gasteiger partial charge in [0.05, 0.1) is 4.88 Å². The van der Waals surface area contributed by atoms with Crippen LogP contribution in [0.2, 0.25) is 0 Å². The number of carbonyl (C=O) groups excluding carboxylic acids is 1. The number of thiophene rings is 1. The fraction of sp³-hybridized carbons (Fsp3) is 0.250. The molecule has 0 unspecified atom stereocenters. The molecular formula is C16H15NO2S. The second-order valence-electron chi connectivity index (χ2n) is 5.36. The van der Waals surface area contributed by atoms with E-state index in [4.69, 9.17) is 0 Å². The Bertz CT molecular complexity index is 790. The van der Waals surface area contributed by atoms with Gasteiger partial charge in [-0.3, -0.25) is 9.59 Å². The van der Waals surface area contributed by atoms with Gasteiger partial charge in [0.25, 0.3) is 5.91 Å². The smallest absolute Gasteiger partial charge is 0.261 e. The zero-order valence-electron chi connectivity index (χ0n) is 11.4. The number of hydrogen-bond acceptors (Lipinski definition) is 3. The average molecular weight is 285 g/mol. The molecule has 0 radical (unpaired) electrons. The van der Waals surface area contributed by atoms with Gasteiger partial charge in [0, 0.05) is 22.2 Å². The first-order chi connectivity index (χ1) is 9.56. The van der Waals surface area contributed by atoms with Crippen LogP contribution in [-0.4, -0.2) is 12.5 Å². The van der Waals surface area contributed by atoms with E-state index in [0.717, 1.165) is 21.2 Å². The minimum Gasteiger partial charge on any atom is -0.351 e. The average Bonchev–Trinajstić information content (AvgIpc) is 2.89. The van der Waals surface area contributed by atoms with E-state index in [1.165, 1.54) is 11.3 Å². The van der Waals surface area contributed by atoms with Crippen molar-refractivity contribution in [3.63, 3.8) is 0 Å². The molecule has 2 aromatic carbocycles. The van der Waals surface area contributed by atoms with Crippen LogP contribution in [0.3, 0.4) is 0 Å². The largest absolute Gasteiger partial charge is 0.351 e. The van der Waals surface area contributed by atoms with Crippen molar-refractivity contribution in [1.82, 2.24) is 5.32 Å². The zero-order valence-corrected chi connectivity index (χ0v) is 12.2. The lowest BCUT2D eigenvalue weighted by atomic mass is 10.2. The van der Waals surface area contributed by atoms with Crippen LogP contribution in [0.1, 0.15) is 23.5 Å². The molecule has 0 aliphatic heterocycles. The van der Waals surface area contributed by atoms with Crippen LogP contribution in [0.5, 0.6) is 0 Å². The first kappa shape index (κ1) is 13.1. The quantitative estimate of drug-likeness (QED) is 0.800. The molecule has 0 aliphatic carbocycles. The summed E-state index contributed by atoms with van der Waals surface area (Å²) >= 11 is 1.46. The van der Waals surface area contributed by atoms with Gasteiger partial charge in [-0.2, -0.15) is 0 Å². The van der Waals surface area contributed by atoms with Crippen LogP contribution in [0.25, 0.3) is 21.2 Å². The SMILES string of the molecule is CC(C)CNC(=O)c1ccc(-c2ccc3c(=O)c3c2)s1. The normalized spacial score (nSPS) is 11.6. The molecule has 0 spiro atoms. The lowest BCUT2D eigenvalue weighted by Crippen LogP contribution is -2.26. The van der Waals surface area contributed by atoms with Gasteiger partial charge in [-0.25, -0.2) is 0 Å². The highest BCUT2D eigenvalue weighted by molar-refractivity contribution is 7.17. The highest BCUT2D eigenvalue weighted by atomic mass is 32.1. The Balaban J connectivity index is 1.79. The van der Waals surface area contributed by atoms with Crippen molar-refractivity contribution in [2.75, 3.05) is 6.54 Å². The fourth-order valence-corrected chi connectivity index (χ4v) is 2.95. The molecule has 0 saturated carbocycles. The van der Waals surface area contributed by atoms with Crippen molar-refractivity contribution in [1.29, 1.82) is 0 Å². The van der Waals surface area contributed by atoms with Crippen LogP contribution in [0.15, 0.2) is 35.1 Å². The van der Waals surface area contributed by atoms with Crippen LogP contribution in [0, 0.1) is 5.92 Å². The molecule has 0 atom stereocenters. The van der Waals surface area contributed by atoms with Gasteiger partial charge >= 0.3 is 0 Å². The first-order valence-corrected chi connectivity index (χ1v) is 7.45. The third-order valence-corrected chi connectivity index (χ3v) is 4.36. The summed E-state index contributed by atoms with van der Waals surface area (Å²) in [6.45, 7) is 4.81. The van der Waals surface area contributed by atoms with Crippen molar-refractivity contribution in [3.05, 3.63) is 45.4 Å². The Morgan fingerprint density at radius 1 is 1.20 bits per heavy atom. The second-order valence-corrected chi connectivity index (χ2v) is 6.44. The standard InChI is InChI=1S/C16H15NO2S/c1-9(2)8-17-16(19)14-6-5-13(20-14)10-3-4-11-12(7-10)15(11)18/h3-7,9H,8H2,1-2H3,(H,17,19). The Labute approximate surface area is 120 Å². The molecule has 0 bridgehead atoms. The molecule has 0 saturated heterocycles. The van der Waals surface area contributed by atoms with Gasteiger partial charge in [-0.1, -0.05) is 19.9 Å². The van der Waals surface area contributed by atoms with Crippen LogP contribution >= 0.6 is 11.3 Å². The van der Waals surface area contributed by atoms with Gasteiger partial charge in [0.2, 0.25) is 0 Å². The Kier molecular flexibility index (Phi) is 3.18. The Morgan fingerprint density at radius 3 is 2.70 bits per heavy atom. The zero-order chi connectivity index (χ0) is 14.3. The highest BCUT2D eigenvalue weighted by Gasteiger charge is 2.15. The summed E-state index contributed by atoms with van der Waals surface area (Å²) in [5.74, 6) is 0.409. The van der Waals surface area contributed by atoms with Gasteiger partial charge in [0.15, 0.2) is 5.43 Å². The number of fused-ring (bicyclic) bond motifs is 1. The van der Waals surface area contributed by atoms with Crippen LogP contribution in [0.4, 0.5) is 0 Å². The molecule has 3 rings (SSSR count). The summed E-state index contributed by atoms with van der Waals surface area (Å²) in [5.41, 5.74) is 1.14. The van der Waals surface area contributed by atoms with Gasteiger partial charge in [0.1, 0.15) is 0 Å². The summed E-state index contributed by atoms with van der Waals surface area (Å²) in [4.78, 5) is 25.0.